The van der Waals surface area contributed by atoms with E-state index in [0.29, 0.717) is 12.4 Å². The molecule has 0 amide bonds. The Hall–Kier alpha value is -0.680. The van der Waals surface area contributed by atoms with Gasteiger partial charge in [-0.25, -0.2) is 0 Å². The van der Waals surface area contributed by atoms with Crippen molar-refractivity contribution in [1.82, 2.24) is 0 Å². The van der Waals surface area contributed by atoms with Gasteiger partial charge in [0.05, 0.1) is 12.4 Å². The van der Waals surface area contributed by atoms with Gasteiger partial charge in [-0.2, -0.15) is 0 Å². The Kier molecular flexibility index (Phi) is 5.69. The number of benzene rings is 1. The number of anilines is 1. The number of ether oxygens (including phenoxy) is 1. The van der Waals surface area contributed by atoms with Crippen molar-refractivity contribution in [2.75, 3.05) is 18.1 Å². The Labute approximate surface area is 108 Å². The third-order valence-electron chi connectivity index (χ3n) is 1.89. The number of esters is 1. The van der Waals surface area contributed by atoms with Crippen molar-refractivity contribution >= 4 is 39.3 Å². The van der Waals surface area contributed by atoms with Crippen LogP contribution >= 0.6 is 27.7 Å². The Morgan fingerprint density at radius 1 is 1.56 bits per heavy atom. The van der Waals surface area contributed by atoms with Gasteiger partial charge in [0, 0.05) is 15.9 Å². The first-order valence-electron chi connectivity index (χ1n) is 4.90. The number of nitrogens with two attached hydrogens (primary N) is 1. The molecule has 0 bridgehead atoms. The summed E-state index contributed by atoms with van der Waals surface area (Å²) in [6.07, 6.45) is 0. The predicted octanol–water partition coefficient (Wildman–Crippen LogP) is 2.83. The molecule has 0 aromatic heterocycles. The molecule has 0 aliphatic rings. The fourth-order valence-electron chi connectivity index (χ4n) is 1.14. The van der Waals surface area contributed by atoms with Gasteiger partial charge >= 0.3 is 5.97 Å². The van der Waals surface area contributed by atoms with Gasteiger partial charge < -0.3 is 10.5 Å². The van der Waals surface area contributed by atoms with Gasteiger partial charge in [-0.1, -0.05) is 22.0 Å². The molecule has 1 aromatic rings. The van der Waals surface area contributed by atoms with Crippen LogP contribution in [-0.2, 0) is 15.3 Å². The van der Waals surface area contributed by atoms with Crippen molar-refractivity contribution in [3.63, 3.8) is 0 Å². The summed E-state index contributed by atoms with van der Waals surface area (Å²) in [5, 5.41) is 0. The van der Waals surface area contributed by atoms with Crippen molar-refractivity contribution < 1.29 is 9.53 Å². The van der Waals surface area contributed by atoms with Crippen LogP contribution in [-0.4, -0.2) is 18.3 Å². The minimum Gasteiger partial charge on any atom is -0.465 e. The molecule has 0 fully saturated rings. The summed E-state index contributed by atoms with van der Waals surface area (Å²) in [7, 11) is 0. The molecular weight excluding hydrogens is 290 g/mol. The smallest absolute Gasteiger partial charge is 0.315 e. The van der Waals surface area contributed by atoms with E-state index < -0.39 is 0 Å². The van der Waals surface area contributed by atoms with Crippen molar-refractivity contribution in [2.24, 2.45) is 0 Å². The van der Waals surface area contributed by atoms with E-state index in [9.17, 15) is 4.79 Å². The molecule has 1 rings (SSSR count). The molecule has 0 saturated heterocycles. The highest BCUT2D eigenvalue weighted by Gasteiger charge is 2.04. The third kappa shape index (κ3) is 4.45. The highest BCUT2D eigenvalue weighted by Crippen LogP contribution is 2.22. The van der Waals surface area contributed by atoms with Crippen molar-refractivity contribution in [3.8, 4) is 0 Å². The summed E-state index contributed by atoms with van der Waals surface area (Å²) >= 11 is 4.85. The van der Waals surface area contributed by atoms with Crippen LogP contribution in [0, 0.1) is 0 Å². The first kappa shape index (κ1) is 13.4. The molecule has 0 unspecified atom stereocenters. The van der Waals surface area contributed by atoms with Gasteiger partial charge in [0.15, 0.2) is 0 Å². The lowest BCUT2D eigenvalue weighted by atomic mass is 10.2. The summed E-state index contributed by atoms with van der Waals surface area (Å²) in [6, 6.07) is 5.76. The van der Waals surface area contributed by atoms with E-state index in [0.717, 1.165) is 21.5 Å². The lowest BCUT2D eigenvalue weighted by molar-refractivity contribution is -0.139. The van der Waals surface area contributed by atoms with E-state index in [1.165, 1.54) is 11.8 Å². The molecule has 1 aromatic carbocycles. The van der Waals surface area contributed by atoms with E-state index in [1.807, 2.05) is 18.2 Å². The number of hydrogen-bond acceptors (Lipinski definition) is 4. The Bertz CT molecular complexity index is 371. The molecule has 2 N–H and O–H groups in total. The van der Waals surface area contributed by atoms with E-state index in [-0.39, 0.29) is 5.97 Å². The van der Waals surface area contributed by atoms with E-state index in [4.69, 9.17) is 10.5 Å². The van der Waals surface area contributed by atoms with E-state index in [2.05, 4.69) is 15.9 Å². The monoisotopic (exact) mass is 303 g/mol. The average molecular weight is 304 g/mol. The maximum absolute atomic E-state index is 11.1. The molecule has 0 saturated carbocycles. The highest BCUT2D eigenvalue weighted by molar-refractivity contribution is 9.10. The zero-order valence-electron chi connectivity index (χ0n) is 9.03. The maximum atomic E-state index is 11.1. The highest BCUT2D eigenvalue weighted by atomic mass is 79.9. The summed E-state index contributed by atoms with van der Waals surface area (Å²) in [5.74, 6) is 0.907. The predicted molar refractivity (Wildman–Crippen MR) is 71.3 cm³/mol. The number of nitrogen functional groups attached to an aromatic ring is 1. The lowest BCUT2D eigenvalue weighted by Gasteiger charge is -2.05. The summed E-state index contributed by atoms with van der Waals surface area (Å²) < 4.78 is 5.79. The minimum atomic E-state index is -0.178. The van der Waals surface area contributed by atoms with Gasteiger partial charge in [-0.3, -0.25) is 4.79 Å². The SMILES string of the molecule is CCOC(=O)CSCc1ccc(Br)cc1N. The van der Waals surface area contributed by atoms with Crippen LogP contribution in [0.5, 0.6) is 0 Å². The zero-order valence-corrected chi connectivity index (χ0v) is 11.4. The quantitative estimate of drug-likeness (QED) is 0.671. The third-order valence-corrected chi connectivity index (χ3v) is 3.34. The Morgan fingerprint density at radius 2 is 2.31 bits per heavy atom. The average Bonchev–Trinajstić information content (AvgIpc) is 2.22. The van der Waals surface area contributed by atoms with Gasteiger partial charge in [-0.15, -0.1) is 11.8 Å². The normalized spacial score (nSPS) is 10.1. The molecule has 0 heterocycles. The van der Waals surface area contributed by atoms with Crippen molar-refractivity contribution in [3.05, 3.63) is 28.2 Å². The number of carbonyl (C=O) groups excluding carboxylic acids is 1. The van der Waals surface area contributed by atoms with E-state index in [1.54, 1.807) is 6.92 Å². The summed E-state index contributed by atoms with van der Waals surface area (Å²) in [4.78, 5) is 11.1. The number of carbonyl (C=O) groups is 1. The molecule has 0 spiro atoms. The molecule has 0 aliphatic carbocycles. The van der Waals surface area contributed by atoms with Crippen LogP contribution in [0.1, 0.15) is 12.5 Å². The van der Waals surface area contributed by atoms with Crippen LogP contribution in [0.25, 0.3) is 0 Å². The summed E-state index contributed by atoms with van der Waals surface area (Å²) in [5.41, 5.74) is 7.62. The van der Waals surface area contributed by atoms with Gasteiger partial charge in [0.25, 0.3) is 0 Å². The first-order valence-corrected chi connectivity index (χ1v) is 6.85. The number of rotatable bonds is 5. The second-order valence-electron chi connectivity index (χ2n) is 3.14. The number of halogens is 1. The lowest BCUT2D eigenvalue weighted by Crippen LogP contribution is -2.06. The van der Waals surface area contributed by atoms with Crippen molar-refractivity contribution in [2.45, 2.75) is 12.7 Å². The van der Waals surface area contributed by atoms with Crippen LogP contribution in [0.15, 0.2) is 22.7 Å². The minimum absolute atomic E-state index is 0.178. The van der Waals surface area contributed by atoms with Gasteiger partial charge in [0.2, 0.25) is 0 Å². The molecule has 16 heavy (non-hydrogen) atoms. The standard InChI is InChI=1S/C11H14BrNO2S/c1-2-15-11(14)7-16-6-8-3-4-9(12)5-10(8)13/h3-5H,2,6-7,13H2,1H3. The molecule has 0 radical (unpaired) electrons. The molecule has 88 valence electrons. The van der Waals surface area contributed by atoms with Crippen LogP contribution < -0.4 is 5.73 Å². The molecule has 3 nitrogen and oxygen atoms in total. The Balaban J connectivity index is 2.40. The van der Waals surface area contributed by atoms with Crippen LogP contribution in [0.2, 0.25) is 0 Å². The van der Waals surface area contributed by atoms with Gasteiger partial charge in [-0.05, 0) is 24.6 Å². The Morgan fingerprint density at radius 3 is 2.94 bits per heavy atom. The van der Waals surface area contributed by atoms with Crippen molar-refractivity contribution in [1.29, 1.82) is 0 Å². The maximum Gasteiger partial charge on any atom is 0.315 e. The number of thioether (sulfide) groups is 1. The summed E-state index contributed by atoms with van der Waals surface area (Å²) in [6.45, 7) is 2.23. The second kappa shape index (κ2) is 6.81. The van der Waals surface area contributed by atoms with Gasteiger partial charge in [0.1, 0.15) is 0 Å². The fraction of sp³-hybridized carbons (Fsp3) is 0.364. The molecule has 0 aliphatic heterocycles. The molecule has 5 heteroatoms. The zero-order chi connectivity index (χ0) is 12.0. The van der Waals surface area contributed by atoms with E-state index >= 15 is 0 Å². The largest absolute Gasteiger partial charge is 0.465 e. The molecule has 0 atom stereocenters. The topological polar surface area (TPSA) is 52.3 Å². The van der Waals surface area contributed by atoms with Crippen LogP contribution in [0.4, 0.5) is 5.69 Å². The molecular formula is C11H14BrNO2S. The number of hydrogen-bond donors (Lipinski definition) is 1. The fourth-order valence-corrected chi connectivity index (χ4v) is 2.36. The van der Waals surface area contributed by atoms with Crippen LogP contribution in [0.3, 0.4) is 0 Å². The second-order valence-corrected chi connectivity index (χ2v) is 5.04. The first-order chi connectivity index (χ1) is 7.63.